The number of aromatic nitrogens is 3. The fourth-order valence-corrected chi connectivity index (χ4v) is 5.08. The van der Waals surface area contributed by atoms with Gasteiger partial charge in [-0.2, -0.15) is 0 Å². The van der Waals surface area contributed by atoms with Crippen molar-refractivity contribution in [3.05, 3.63) is 77.4 Å². The van der Waals surface area contributed by atoms with Crippen LogP contribution in [-0.4, -0.2) is 63.5 Å². The number of fused-ring (bicyclic) bond motifs is 1. The van der Waals surface area contributed by atoms with Crippen molar-refractivity contribution in [2.45, 2.75) is 24.7 Å². The standard InChI is InChI=1S/C28H23F4N5O4/c29-21-13-20-22(14-19(21)17-2-1-7-33-15-17)34-16-37(25(20)38)18-3-4-24(41-28(30,31)32)23(12-18)35-26(39)27(5-6-27)36-8-10-40-11-9-36/h1-4,7,12-16H,5-6,8-11H2,(H,35,39). The number of halogens is 4. The van der Waals surface area contributed by atoms with Crippen LogP contribution in [0.15, 0.2) is 66.0 Å². The van der Waals surface area contributed by atoms with Crippen molar-refractivity contribution < 1.29 is 31.8 Å². The van der Waals surface area contributed by atoms with Crippen LogP contribution in [0.4, 0.5) is 23.2 Å². The average Bonchev–Trinajstić information content (AvgIpc) is 3.77. The summed E-state index contributed by atoms with van der Waals surface area (Å²) >= 11 is 0. The number of nitrogens with zero attached hydrogens (tertiary/aromatic N) is 4. The molecule has 41 heavy (non-hydrogen) atoms. The predicted molar refractivity (Wildman–Crippen MR) is 140 cm³/mol. The van der Waals surface area contributed by atoms with E-state index in [1.165, 1.54) is 30.7 Å². The third kappa shape index (κ3) is 5.25. The van der Waals surface area contributed by atoms with Crippen LogP contribution in [0.5, 0.6) is 5.75 Å². The van der Waals surface area contributed by atoms with Gasteiger partial charge in [-0.05, 0) is 49.2 Å². The van der Waals surface area contributed by atoms with E-state index in [1.807, 2.05) is 4.90 Å². The highest BCUT2D eigenvalue weighted by molar-refractivity contribution is 6.01. The second kappa shape index (κ2) is 10.2. The van der Waals surface area contributed by atoms with E-state index in [0.717, 1.165) is 16.7 Å². The molecule has 1 aliphatic heterocycles. The van der Waals surface area contributed by atoms with E-state index in [0.29, 0.717) is 44.7 Å². The minimum absolute atomic E-state index is 0.0388. The third-order valence-electron chi connectivity index (χ3n) is 7.30. The van der Waals surface area contributed by atoms with E-state index >= 15 is 4.39 Å². The number of ether oxygens (including phenoxy) is 2. The molecule has 0 atom stereocenters. The number of hydrogen-bond donors (Lipinski definition) is 1. The lowest BCUT2D eigenvalue weighted by Gasteiger charge is -2.34. The zero-order valence-corrected chi connectivity index (χ0v) is 21.4. The van der Waals surface area contributed by atoms with Gasteiger partial charge in [0.2, 0.25) is 5.91 Å². The molecule has 1 saturated heterocycles. The minimum atomic E-state index is -5.02. The minimum Gasteiger partial charge on any atom is -0.404 e. The summed E-state index contributed by atoms with van der Waals surface area (Å²) in [5, 5.41) is 2.55. The summed E-state index contributed by atoms with van der Waals surface area (Å²) < 4.78 is 65.2. The SMILES string of the molecule is O=C(Nc1cc(-n2cnc3cc(-c4cccnc4)c(F)cc3c2=O)ccc1OC(F)(F)F)C1(N2CCOCC2)CC1. The van der Waals surface area contributed by atoms with Gasteiger partial charge in [-0.25, -0.2) is 9.37 Å². The summed E-state index contributed by atoms with van der Waals surface area (Å²) in [5.41, 5.74) is -0.734. The van der Waals surface area contributed by atoms with E-state index in [2.05, 4.69) is 20.0 Å². The Labute approximate surface area is 230 Å². The molecule has 2 aromatic heterocycles. The number of pyridine rings is 1. The van der Waals surface area contributed by atoms with Gasteiger partial charge >= 0.3 is 6.36 Å². The van der Waals surface area contributed by atoms with Crippen LogP contribution in [0, 0.1) is 5.82 Å². The first-order valence-corrected chi connectivity index (χ1v) is 12.8. The van der Waals surface area contributed by atoms with Crippen molar-refractivity contribution in [3.8, 4) is 22.6 Å². The van der Waals surface area contributed by atoms with Crippen LogP contribution in [0.2, 0.25) is 0 Å². The molecule has 0 radical (unpaired) electrons. The Kier molecular flexibility index (Phi) is 6.70. The van der Waals surface area contributed by atoms with Crippen molar-refractivity contribution in [2.75, 3.05) is 31.6 Å². The van der Waals surface area contributed by atoms with E-state index in [-0.39, 0.29) is 27.8 Å². The Morgan fingerprint density at radius 1 is 1.10 bits per heavy atom. The molecule has 2 fully saturated rings. The van der Waals surface area contributed by atoms with Crippen molar-refractivity contribution in [2.24, 2.45) is 0 Å². The molecule has 3 heterocycles. The highest BCUT2D eigenvalue weighted by Crippen LogP contribution is 2.44. The van der Waals surface area contributed by atoms with E-state index < -0.39 is 34.9 Å². The monoisotopic (exact) mass is 569 g/mol. The first-order valence-electron chi connectivity index (χ1n) is 12.8. The second-order valence-corrected chi connectivity index (χ2v) is 9.82. The van der Waals surface area contributed by atoms with E-state index in [9.17, 15) is 22.8 Å². The molecule has 1 saturated carbocycles. The quantitative estimate of drug-likeness (QED) is 0.346. The predicted octanol–water partition coefficient (Wildman–Crippen LogP) is 4.29. The van der Waals surface area contributed by atoms with Crippen LogP contribution in [0.25, 0.3) is 27.7 Å². The second-order valence-electron chi connectivity index (χ2n) is 9.82. The highest BCUT2D eigenvalue weighted by Gasteiger charge is 2.54. The number of carbonyl (C=O) groups is 1. The number of anilines is 1. The van der Waals surface area contributed by atoms with Gasteiger partial charge in [0.25, 0.3) is 5.56 Å². The number of amides is 1. The number of hydrogen-bond acceptors (Lipinski definition) is 7. The summed E-state index contributed by atoms with van der Waals surface area (Å²) in [6.45, 7) is 1.96. The Morgan fingerprint density at radius 3 is 2.56 bits per heavy atom. The maximum atomic E-state index is 15.0. The van der Waals surface area contributed by atoms with Crippen molar-refractivity contribution in [1.82, 2.24) is 19.4 Å². The summed E-state index contributed by atoms with van der Waals surface area (Å²) in [4.78, 5) is 36.9. The first kappa shape index (κ1) is 26.8. The molecule has 1 N–H and O–H groups in total. The summed E-state index contributed by atoms with van der Waals surface area (Å²) in [7, 11) is 0. The largest absolute Gasteiger partial charge is 0.573 e. The molecule has 0 bridgehead atoms. The number of alkyl halides is 3. The summed E-state index contributed by atoms with van der Waals surface area (Å²) in [6.07, 6.45) is 0.304. The molecule has 0 unspecified atom stereocenters. The maximum absolute atomic E-state index is 15.0. The Hall–Kier alpha value is -4.36. The summed E-state index contributed by atoms with van der Waals surface area (Å²) in [5.74, 6) is -1.78. The molecule has 2 aliphatic rings. The van der Waals surface area contributed by atoms with Gasteiger partial charge in [0.1, 0.15) is 17.7 Å². The van der Waals surface area contributed by atoms with Gasteiger partial charge in [0.15, 0.2) is 5.75 Å². The number of carbonyl (C=O) groups excluding carboxylic acids is 1. The van der Waals surface area contributed by atoms with Gasteiger partial charge in [0.05, 0.1) is 35.5 Å². The van der Waals surface area contributed by atoms with Crippen molar-refractivity contribution >= 4 is 22.5 Å². The Balaban J connectivity index is 1.37. The van der Waals surface area contributed by atoms with E-state index in [4.69, 9.17) is 4.74 Å². The molecule has 6 rings (SSSR count). The van der Waals surface area contributed by atoms with Crippen LogP contribution >= 0.6 is 0 Å². The zero-order chi connectivity index (χ0) is 28.8. The lowest BCUT2D eigenvalue weighted by Crippen LogP contribution is -2.51. The molecule has 13 heteroatoms. The molecule has 1 aliphatic carbocycles. The zero-order valence-electron chi connectivity index (χ0n) is 21.4. The smallest absolute Gasteiger partial charge is 0.404 e. The number of rotatable bonds is 6. The molecular formula is C28H23F4N5O4. The highest BCUT2D eigenvalue weighted by atomic mass is 19.4. The topological polar surface area (TPSA) is 98.6 Å². The Morgan fingerprint density at radius 2 is 1.88 bits per heavy atom. The average molecular weight is 570 g/mol. The van der Waals surface area contributed by atoms with Crippen LogP contribution < -0.4 is 15.6 Å². The van der Waals surface area contributed by atoms with Crippen molar-refractivity contribution in [1.29, 1.82) is 0 Å². The molecule has 0 spiro atoms. The van der Waals surface area contributed by atoms with Crippen LogP contribution in [0.3, 0.4) is 0 Å². The first-order chi connectivity index (χ1) is 19.6. The molecular weight excluding hydrogens is 546 g/mol. The molecule has 4 aromatic rings. The Bertz CT molecular complexity index is 1680. The fourth-order valence-electron chi connectivity index (χ4n) is 5.08. The van der Waals surface area contributed by atoms with Gasteiger partial charge in [-0.1, -0.05) is 6.07 Å². The van der Waals surface area contributed by atoms with Gasteiger partial charge in [0, 0.05) is 36.6 Å². The van der Waals surface area contributed by atoms with Gasteiger partial charge in [-0.15, -0.1) is 13.2 Å². The number of morpholine rings is 1. The lowest BCUT2D eigenvalue weighted by atomic mass is 10.0. The van der Waals surface area contributed by atoms with Crippen LogP contribution in [-0.2, 0) is 9.53 Å². The van der Waals surface area contributed by atoms with Gasteiger partial charge in [-0.3, -0.25) is 24.0 Å². The third-order valence-corrected chi connectivity index (χ3v) is 7.30. The van der Waals surface area contributed by atoms with Crippen LogP contribution in [0.1, 0.15) is 12.8 Å². The van der Waals surface area contributed by atoms with E-state index in [1.54, 1.807) is 18.3 Å². The van der Waals surface area contributed by atoms with Gasteiger partial charge < -0.3 is 14.8 Å². The normalized spacial score (nSPS) is 16.9. The summed E-state index contributed by atoms with van der Waals surface area (Å²) in [6, 6.07) is 9.25. The molecule has 1 amide bonds. The van der Waals surface area contributed by atoms with Crippen molar-refractivity contribution in [3.63, 3.8) is 0 Å². The fraction of sp³-hybridized carbons (Fsp3) is 0.286. The number of benzene rings is 2. The lowest BCUT2D eigenvalue weighted by molar-refractivity contribution is -0.274. The molecule has 212 valence electrons. The maximum Gasteiger partial charge on any atom is 0.573 e. The molecule has 2 aromatic carbocycles. The molecule has 9 nitrogen and oxygen atoms in total. The number of nitrogens with one attached hydrogen (secondary N) is 1.